The Morgan fingerprint density at radius 2 is 0.767 bits per heavy atom. The van der Waals surface area contributed by atoms with Gasteiger partial charge in [-0.05, 0) is 12.8 Å². The molecular weight excluding hydrogens is 368 g/mol. The molecule has 0 heterocycles. The number of rotatable bonds is 15. The Labute approximate surface area is 182 Å². The highest BCUT2D eigenvalue weighted by atomic mass is 14.8. The van der Waals surface area contributed by atoms with Crippen LogP contribution in [0.4, 0.5) is 0 Å². The maximum atomic E-state index is 6.01. The number of aliphatic imine (C=N–C) groups is 2. The van der Waals surface area contributed by atoms with Crippen LogP contribution in [0.3, 0.4) is 0 Å². The third-order valence-electron chi connectivity index (χ3n) is 5.27. The molecule has 0 radical (unpaired) electrons. The monoisotopic (exact) mass is 406 g/mol. The van der Waals surface area contributed by atoms with E-state index in [9.17, 15) is 0 Å². The maximum absolute atomic E-state index is 6.01. The molecule has 0 fully saturated rings. The molecular formula is C26H38N4. The van der Waals surface area contributed by atoms with E-state index < -0.39 is 0 Å². The molecule has 0 bridgehead atoms. The van der Waals surface area contributed by atoms with Crippen LogP contribution in [0.5, 0.6) is 0 Å². The van der Waals surface area contributed by atoms with Gasteiger partial charge in [-0.15, -0.1) is 0 Å². The second-order valence-corrected chi connectivity index (χ2v) is 7.80. The molecule has 0 saturated carbocycles. The molecule has 0 aliphatic carbocycles. The highest BCUT2D eigenvalue weighted by Crippen LogP contribution is 2.11. The Hall–Kier alpha value is -2.62. The molecule has 0 saturated heterocycles. The van der Waals surface area contributed by atoms with E-state index in [0.717, 1.165) is 37.1 Å². The van der Waals surface area contributed by atoms with Crippen molar-refractivity contribution in [3.63, 3.8) is 0 Å². The molecule has 0 spiro atoms. The number of nitrogens with two attached hydrogens (primary N) is 2. The molecule has 2 aromatic carbocycles. The quantitative estimate of drug-likeness (QED) is 0.226. The number of nitrogens with zero attached hydrogens (tertiary/aromatic N) is 2. The molecule has 0 atom stereocenters. The summed E-state index contributed by atoms with van der Waals surface area (Å²) in [5, 5.41) is 0. The molecule has 0 amide bonds. The molecule has 30 heavy (non-hydrogen) atoms. The van der Waals surface area contributed by atoms with E-state index in [4.69, 9.17) is 11.5 Å². The van der Waals surface area contributed by atoms with E-state index in [1.807, 2.05) is 60.7 Å². The Morgan fingerprint density at radius 3 is 1.10 bits per heavy atom. The fourth-order valence-electron chi connectivity index (χ4n) is 3.44. The van der Waals surface area contributed by atoms with Crippen molar-refractivity contribution in [2.75, 3.05) is 13.1 Å². The first-order chi connectivity index (χ1) is 14.8. The third-order valence-corrected chi connectivity index (χ3v) is 5.27. The summed E-state index contributed by atoms with van der Waals surface area (Å²) >= 11 is 0. The second kappa shape index (κ2) is 15.3. The van der Waals surface area contributed by atoms with Crippen molar-refractivity contribution in [1.82, 2.24) is 0 Å². The first kappa shape index (κ1) is 23.7. The average molecular weight is 407 g/mol. The zero-order valence-corrected chi connectivity index (χ0v) is 18.3. The number of benzene rings is 2. The topological polar surface area (TPSA) is 76.8 Å². The minimum atomic E-state index is 0.657. The van der Waals surface area contributed by atoms with E-state index >= 15 is 0 Å². The molecule has 0 unspecified atom stereocenters. The Kier molecular flexibility index (Phi) is 12.0. The van der Waals surface area contributed by atoms with Crippen molar-refractivity contribution in [2.45, 2.75) is 64.2 Å². The lowest BCUT2D eigenvalue weighted by atomic mass is 10.1. The molecule has 0 aliphatic rings. The molecule has 4 N–H and O–H groups in total. The van der Waals surface area contributed by atoms with Crippen LogP contribution in [-0.2, 0) is 0 Å². The summed E-state index contributed by atoms with van der Waals surface area (Å²) in [5.74, 6) is 1.31. The van der Waals surface area contributed by atoms with Crippen molar-refractivity contribution in [2.24, 2.45) is 21.5 Å². The van der Waals surface area contributed by atoms with E-state index in [1.165, 1.54) is 51.4 Å². The highest BCUT2D eigenvalue weighted by Gasteiger charge is 1.97. The smallest absolute Gasteiger partial charge is 0.125 e. The second-order valence-electron chi connectivity index (χ2n) is 7.80. The van der Waals surface area contributed by atoms with Gasteiger partial charge in [0.05, 0.1) is 0 Å². The number of amidine groups is 2. The van der Waals surface area contributed by atoms with Crippen LogP contribution in [-0.4, -0.2) is 24.8 Å². The van der Waals surface area contributed by atoms with Crippen molar-refractivity contribution >= 4 is 11.7 Å². The van der Waals surface area contributed by atoms with Gasteiger partial charge in [0.1, 0.15) is 11.7 Å². The largest absolute Gasteiger partial charge is 0.384 e. The molecule has 4 heteroatoms. The van der Waals surface area contributed by atoms with Crippen LogP contribution in [0.25, 0.3) is 0 Å². The van der Waals surface area contributed by atoms with E-state index in [2.05, 4.69) is 9.98 Å². The fraction of sp³-hybridized carbons (Fsp3) is 0.462. The average Bonchev–Trinajstić information content (AvgIpc) is 2.80. The zero-order valence-electron chi connectivity index (χ0n) is 18.3. The van der Waals surface area contributed by atoms with E-state index in [0.29, 0.717) is 11.7 Å². The molecule has 0 aromatic heterocycles. The third kappa shape index (κ3) is 10.2. The zero-order chi connectivity index (χ0) is 21.3. The van der Waals surface area contributed by atoms with Crippen molar-refractivity contribution in [1.29, 1.82) is 0 Å². The predicted octanol–water partition coefficient (Wildman–Crippen LogP) is 5.70. The predicted molar refractivity (Wildman–Crippen MR) is 130 cm³/mol. The summed E-state index contributed by atoms with van der Waals surface area (Å²) in [5.41, 5.74) is 14.1. The van der Waals surface area contributed by atoms with Gasteiger partial charge in [0.2, 0.25) is 0 Å². The summed E-state index contributed by atoms with van der Waals surface area (Å²) in [6.07, 6.45) is 12.7. The van der Waals surface area contributed by atoms with Crippen LogP contribution >= 0.6 is 0 Å². The molecule has 0 aliphatic heterocycles. The fourth-order valence-corrected chi connectivity index (χ4v) is 3.44. The summed E-state index contributed by atoms with van der Waals surface area (Å²) < 4.78 is 0. The lowest BCUT2D eigenvalue weighted by Crippen LogP contribution is -2.13. The van der Waals surface area contributed by atoms with E-state index in [1.54, 1.807) is 0 Å². The summed E-state index contributed by atoms with van der Waals surface area (Å²) in [6.45, 7) is 1.66. The summed E-state index contributed by atoms with van der Waals surface area (Å²) in [7, 11) is 0. The SMILES string of the molecule is NC(=NCCCCCCCCCCCCN=C(N)c1ccccc1)c1ccccc1. The van der Waals surface area contributed by atoms with Gasteiger partial charge in [-0.25, -0.2) is 0 Å². The Bertz CT molecular complexity index is 673. The molecule has 4 nitrogen and oxygen atoms in total. The Morgan fingerprint density at radius 1 is 0.467 bits per heavy atom. The van der Waals surface area contributed by atoms with Gasteiger partial charge in [-0.3, -0.25) is 9.98 Å². The lowest BCUT2D eigenvalue weighted by Gasteiger charge is -2.03. The van der Waals surface area contributed by atoms with Crippen molar-refractivity contribution < 1.29 is 0 Å². The Balaban J connectivity index is 1.37. The standard InChI is InChI=1S/C26H38N4/c27-25(23-17-11-9-12-18-23)29-21-15-7-5-3-1-2-4-6-8-16-22-30-26(28)24-19-13-10-14-20-24/h9-14,17-20H,1-8,15-16,21-22H2,(H2,27,29)(H2,28,30). The maximum Gasteiger partial charge on any atom is 0.125 e. The first-order valence-electron chi connectivity index (χ1n) is 11.5. The minimum absolute atomic E-state index is 0.657. The summed E-state index contributed by atoms with van der Waals surface area (Å²) in [6, 6.07) is 20.0. The first-order valence-corrected chi connectivity index (χ1v) is 11.5. The van der Waals surface area contributed by atoms with Crippen LogP contribution in [0.2, 0.25) is 0 Å². The summed E-state index contributed by atoms with van der Waals surface area (Å²) in [4.78, 5) is 8.97. The number of unbranched alkanes of at least 4 members (excludes halogenated alkanes) is 9. The van der Waals surface area contributed by atoms with Crippen molar-refractivity contribution in [3.8, 4) is 0 Å². The molecule has 2 aromatic rings. The van der Waals surface area contributed by atoms with Gasteiger partial charge in [-0.2, -0.15) is 0 Å². The van der Waals surface area contributed by atoms with Gasteiger partial charge in [0.15, 0.2) is 0 Å². The highest BCUT2D eigenvalue weighted by molar-refractivity contribution is 5.97. The van der Waals surface area contributed by atoms with E-state index in [-0.39, 0.29) is 0 Å². The van der Waals surface area contributed by atoms with Gasteiger partial charge in [0, 0.05) is 24.2 Å². The normalized spacial score (nSPS) is 12.3. The van der Waals surface area contributed by atoms with Gasteiger partial charge >= 0.3 is 0 Å². The van der Waals surface area contributed by atoms with Gasteiger partial charge in [0.25, 0.3) is 0 Å². The van der Waals surface area contributed by atoms with Crippen LogP contribution < -0.4 is 11.5 Å². The van der Waals surface area contributed by atoms with Gasteiger partial charge < -0.3 is 11.5 Å². The molecule has 2 rings (SSSR count). The lowest BCUT2D eigenvalue weighted by molar-refractivity contribution is 0.554. The number of hydrogen-bond donors (Lipinski definition) is 2. The van der Waals surface area contributed by atoms with Gasteiger partial charge in [-0.1, -0.05) is 112 Å². The van der Waals surface area contributed by atoms with Crippen LogP contribution in [0, 0.1) is 0 Å². The minimum Gasteiger partial charge on any atom is -0.384 e. The van der Waals surface area contributed by atoms with Crippen LogP contribution in [0.1, 0.15) is 75.3 Å². The van der Waals surface area contributed by atoms with Crippen LogP contribution in [0.15, 0.2) is 70.6 Å². The number of hydrogen-bond acceptors (Lipinski definition) is 2. The van der Waals surface area contributed by atoms with Crippen molar-refractivity contribution in [3.05, 3.63) is 71.8 Å². The molecule has 162 valence electrons.